The first-order valence-corrected chi connectivity index (χ1v) is 8.67. The van der Waals surface area contributed by atoms with Gasteiger partial charge in [-0.1, -0.05) is 18.2 Å². The number of amides is 1. The lowest BCUT2D eigenvalue weighted by Gasteiger charge is -2.10. The summed E-state index contributed by atoms with van der Waals surface area (Å²) in [4.78, 5) is 17.1. The lowest BCUT2D eigenvalue weighted by Crippen LogP contribution is -2.14. The van der Waals surface area contributed by atoms with Crippen LogP contribution in [0.1, 0.15) is 27.3 Å². The quantitative estimate of drug-likeness (QED) is 0.608. The van der Waals surface area contributed by atoms with Gasteiger partial charge in [-0.2, -0.15) is 10.2 Å². The molecule has 0 fully saturated rings. The summed E-state index contributed by atoms with van der Waals surface area (Å²) < 4.78 is 3.49. The Morgan fingerprint density at radius 2 is 1.85 bits per heavy atom. The molecule has 3 aromatic heterocycles. The molecule has 27 heavy (non-hydrogen) atoms. The van der Waals surface area contributed by atoms with E-state index in [1.807, 2.05) is 52.1 Å². The molecule has 0 spiro atoms. The minimum Gasteiger partial charge on any atom is -0.320 e. The molecule has 7 nitrogen and oxygen atoms in total. The zero-order valence-electron chi connectivity index (χ0n) is 15.7. The largest absolute Gasteiger partial charge is 0.320 e. The van der Waals surface area contributed by atoms with Crippen LogP contribution in [0.15, 0.2) is 42.7 Å². The van der Waals surface area contributed by atoms with E-state index >= 15 is 0 Å². The second-order valence-electron chi connectivity index (χ2n) is 6.62. The molecule has 7 heteroatoms. The van der Waals surface area contributed by atoms with Crippen molar-refractivity contribution in [3.63, 3.8) is 0 Å². The van der Waals surface area contributed by atoms with Crippen molar-refractivity contribution in [2.24, 2.45) is 7.05 Å². The van der Waals surface area contributed by atoms with Crippen LogP contribution < -0.4 is 5.32 Å². The van der Waals surface area contributed by atoms with Gasteiger partial charge in [0.25, 0.3) is 5.91 Å². The highest BCUT2D eigenvalue weighted by Gasteiger charge is 2.17. The molecule has 0 aliphatic heterocycles. The van der Waals surface area contributed by atoms with Crippen LogP contribution >= 0.6 is 0 Å². The third-order valence-electron chi connectivity index (χ3n) is 4.82. The smallest absolute Gasteiger partial charge is 0.276 e. The van der Waals surface area contributed by atoms with Gasteiger partial charge in [0.1, 0.15) is 0 Å². The van der Waals surface area contributed by atoms with E-state index in [4.69, 9.17) is 0 Å². The van der Waals surface area contributed by atoms with Crippen molar-refractivity contribution >= 4 is 17.2 Å². The number of carbonyl (C=O) groups is 1. The maximum Gasteiger partial charge on any atom is 0.276 e. The second-order valence-corrected chi connectivity index (χ2v) is 6.62. The van der Waals surface area contributed by atoms with Crippen LogP contribution in [-0.4, -0.2) is 30.3 Å². The number of hydrogen-bond donors (Lipinski definition) is 1. The van der Waals surface area contributed by atoms with Gasteiger partial charge in [-0.15, -0.1) is 0 Å². The monoisotopic (exact) mass is 360 g/mol. The number of fused-ring (bicyclic) bond motifs is 1. The minimum atomic E-state index is -0.258. The van der Waals surface area contributed by atoms with Crippen molar-refractivity contribution in [2.75, 3.05) is 5.32 Å². The van der Waals surface area contributed by atoms with Gasteiger partial charge in [-0.05, 0) is 38.0 Å². The SMILES string of the molecule is Cc1cccc(C)c1NC(=O)c1cc2nccc(-c3cnn(C)c3C)n2n1. The van der Waals surface area contributed by atoms with E-state index in [1.54, 1.807) is 27.7 Å². The third kappa shape index (κ3) is 2.87. The summed E-state index contributed by atoms with van der Waals surface area (Å²) in [5.41, 5.74) is 6.58. The van der Waals surface area contributed by atoms with Crippen LogP contribution in [-0.2, 0) is 7.05 Å². The van der Waals surface area contributed by atoms with Crippen LogP contribution in [0.3, 0.4) is 0 Å². The molecular formula is C20H20N6O. The Hall–Kier alpha value is -3.48. The lowest BCUT2D eigenvalue weighted by atomic mass is 10.1. The van der Waals surface area contributed by atoms with Crippen LogP contribution in [0.5, 0.6) is 0 Å². The predicted octanol–water partition coefficient (Wildman–Crippen LogP) is 3.31. The summed E-state index contributed by atoms with van der Waals surface area (Å²) >= 11 is 0. The molecule has 136 valence electrons. The minimum absolute atomic E-state index is 0.258. The van der Waals surface area contributed by atoms with Crippen LogP contribution in [0, 0.1) is 20.8 Å². The molecule has 0 atom stereocenters. The van der Waals surface area contributed by atoms with E-state index in [2.05, 4.69) is 20.5 Å². The van der Waals surface area contributed by atoms with Gasteiger partial charge in [0.2, 0.25) is 0 Å². The molecular weight excluding hydrogens is 340 g/mol. The number of benzene rings is 1. The number of hydrogen-bond acceptors (Lipinski definition) is 4. The number of nitrogens with one attached hydrogen (secondary N) is 1. The molecule has 3 heterocycles. The van der Waals surface area contributed by atoms with Crippen molar-refractivity contribution in [2.45, 2.75) is 20.8 Å². The molecule has 4 aromatic rings. The fourth-order valence-corrected chi connectivity index (χ4v) is 3.15. The van der Waals surface area contributed by atoms with E-state index < -0.39 is 0 Å². The Bertz CT molecular complexity index is 1150. The van der Waals surface area contributed by atoms with Crippen molar-refractivity contribution in [3.8, 4) is 11.3 Å². The Kier molecular flexibility index (Phi) is 3.99. The fraction of sp³-hybridized carbons (Fsp3) is 0.200. The molecule has 0 saturated heterocycles. The normalized spacial score (nSPS) is 11.1. The van der Waals surface area contributed by atoms with E-state index in [9.17, 15) is 4.79 Å². The Balaban J connectivity index is 1.75. The highest BCUT2D eigenvalue weighted by molar-refractivity contribution is 6.04. The topological polar surface area (TPSA) is 77.1 Å². The number of aromatic nitrogens is 5. The number of carbonyl (C=O) groups excluding carboxylic acids is 1. The average molecular weight is 360 g/mol. The van der Waals surface area contributed by atoms with E-state index in [0.717, 1.165) is 33.8 Å². The average Bonchev–Trinajstić information content (AvgIpc) is 3.22. The summed E-state index contributed by atoms with van der Waals surface area (Å²) in [7, 11) is 1.89. The first kappa shape index (κ1) is 17.0. The number of nitrogens with zero attached hydrogens (tertiary/aromatic N) is 5. The molecule has 0 unspecified atom stereocenters. The Morgan fingerprint density at radius 1 is 1.11 bits per heavy atom. The Morgan fingerprint density at radius 3 is 2.52 bits per heavy atom. The molecule has 1 N–H and O–H groups in total. The van der Waals surface area contributed by atoms with Crippen molar-refractivity contribution < 1.29 is 4.79 Å². The maximum absolute atomic E-state index is 12.8. The molecule has 0 radical (unpaired) electrons. The number of aryl methyl sites for hydroxylation is 3. The van der Waals surface area contributed by atoms with Gasteiger partial charge in [0.15, 0.2) is 11.3 Å². The molecule has 0 bridgehead atoms. The Labute approximate surface area is 156 Å². The number of para-hydroxylation sites is 1. The molecule has 1 aromatic carbocycles. The highest BCUT2D eigenvalue weighted by atomic mass is 16.2. The van der Waals surface area contributed by atoms with Crippen LogP contribution in [0.2, 0.25) is 0 Å². The van der Waals surface area contributed by atoms with Gasteiger partial charge in [0, 0.05) is 36.3 Å². The van der Waals surface area contributed by atoms with Crippen molar-refractivity contribution in [1.82, 2.24) is 24.4 Å². The molecule has 4 rings (SSSR count). The first-order valence-electron chi connectivity index (χ1n) is 8.67. The summed E-state index contributed by atoms with van der Waals surface area (Å²) in [6.07, 6.45) is 3.51. The fourth-order valence-electron chi connectivity index (χ4n) is 3.15. The maximum atomic E-state index is 12.8. The number of rotatable bonds is 3. The zero-order chi connectivity index (χ0) is 19.1. The third-order valence-corrected chi connectivity index (χ3v) is 4.82. The van der Waals surface area contributed by atoms with Gasteiger partial charge in [-0.25, -0.2) is 9.50 Å². The van der Waals surface area contributed by atoms with Crippen LogP contribution in [0.4, 0.5) is 5.69 Å². The molecule has 1 amide bonds. The molecule has 0 saturated carbocycles. The summed E-state index contributed by atoms with van der Waals surface area (Å²) in [5, 5.41) is 11.8. The van der Waals surface area contributed by atoms with Gasteiger partial charge in [-0.3, -0.25) is 9.48 Å². The van der Waals surface area contributed by atoms with Gasteiger partial charge < -0.3 is 5.32 Å². The number of anilines is 1. The molecule has 0 aliphatic rings. The van der Waals surface area contributed by atoms with E-state index in [1.165, 1.54) is 0 Å². The van der Waals surface area contributed by atoms with Crippen molar-refractivity contribution in [3.05, 3.63) is 65.2 Å². The summed E-state index contributed by atoms with van der Waals surface area (Å²) in [5.74, 6) is -0.258. The first-order chi connectivity index (χ1) is 13.0. The summed E-state index contributed by atoms with van der Waals surface area (Å²) in [6.45, 7) is 5.93. The highest BCUT2D eigenvalue weighted by Crippen LogP contribution is 2.24. The van der Waals surface area contributed by atoms with E-state index in [0.29, 0.717) is 11.3 Å². The predicted molar refractivity (Wildman–Crippen MR) is 104 cm³/mol. The molecule has 0 aliphatic carbocycles. The standard InChI is InChI=1S/C20H20N6O/c1-12-6-5-7-13(2)19(12)23-20(27)16-10-18-21-9-8-17(26(18)24-16)15-11-22-25(4)14(15)3/h5-11H,1-4H3,(H,23,27). The lowest BCUT2D eigenvalue weighted by molar-refractivity contribution is 0.102. The summed E-state index contributed by atoms with van der Waals surface area (Å²) in [6, 6.07) is 9.47. The van der Waals surface area contributed by atoms with Gasteiger partial charge in [0.05, 0.1) is 11.9 Å². The van der Waals surface area contributed by atoms with Crippen molar-refractivity contribution in [1.29, 1.82) is 0 Å². The second kappa shape index (κ2) is 6.35. The van der Waals surface area contributed by atoms with E-state index in [-0.39, 0.29) is 5.91 Å². The van der Waals surface area contributed by atoms with Crippen LogP contribution in [0.25, 0.3) is 16.9 Å². The zero-order valence-corrected chi connectivity index (χ0v) is 15.7. The van der Waals surface area contributed by atoms with Gasteiger partial charge >= 0.3 is 0 Å².